The first-order chi connectivity index (χ1) is 6.68. The van der Waals surface area contributed by atoms with E-state index in [1.54, 1.807) is 6.92 Å². The largest absolute Gasteiger partial charge is 0.393 e. The van der Waals surface area contributed by atoms with Crippen molar-refractivity contribution in [3.05, 3.63) is 0 Å². The van der Waals surface area contributed by atoms with Crippen LogP contribution in [0.3, 0.4) is 0 Å². The van der Waals surface area contributed by atoms with Crippen LogP contribution in [-0.4, -0.2) is 23.2 Å². The number of nitrogens with one attached hydrogen (secondary N) is 1. The summed E-state index contributed by atoms with van der Waals surface area (Å²) in [6.45, 7) is 1.67. The Labute approximate surface area is 84.6 Å². The summed E-state index contributed by atoms with van der Waals surface area (Å²) >= 11 is 0. The standard InChI is InChI=1S/C10H19NO3/c1-8(12)6-7-10(13)11-14-9-4-2-3-5-9/h8-9,12H,2-7H2,1H3,(H,11,13). The van der Waals surface area contributed by atoms with Crippen LogP contribution in [0, 0.1) is 0 Å². The van der Waals surface area contributed by atoms with Crippen molar-refractivity contribution in [2.24, 2.45) is 0 Å². The van der Waals surface area contributed by atoms with Gasteiger partial charge in [-0.1, -0.05) is 12.8 Å². The van der Waals surface area contributed by atoms with Crippen LogP contribution in [0.25, 0.3) is 0 Å². The van der Waals surface area contributed by atoms with E-state index in [-0.39, 0.29) is 12.0 Å². The zero-order valence-corrected chi connectivity index (χ0v) is 8.66. The zero-order chi connectivity index (χ0) is 10.4. The molecule has 82 valence electrons. The Kier molecular flexibility index (Phi) is 4.90. The first kappa shape index (κ1) is 11.5. The molecular formula is C10H19NO3. The molecule has 0 aromatic rings. The Morgan fingerprint density at radius 1 is 1.57 bits per heavy atom. The molecule has 0 aliphatic heterocycles. The third-order valence-corrected chi connectivity index (χ3v) is 2.43. The summed E-state index contributed by atoms with van der Waals surface area (Å²) in [4.78, 5) is 16.4. The van der Waals surface area contributed by atoms with Gasteiger partial charge in [-0.15, -0.1) is 0 Å². The van der Waals surface area contributed by atoms with Crippen LogP contribution in [0.15, 0.2) is 0 Å². The summed E-state index contributed by atoms with van der Waals surface area (Å²) < 4.78 is 0. The van der Waals surface area contributed by atoms with Gasteiger partial charge in [0.1, 0.15) is 0 Å². The Hall–Kier alpha value is -0.610. The predicted octanol–water partition coefficient (Wildman–Crippen LogP) is 1.14. The van der Waals surface area contributed by atoms with Crippen LogP contribution in [0.4, 0.5) is 0 Å². The number of aliphatic hydroxyl groups excluding tert-OH is 1. The number of carbonyl (C=O) groups is 1. The van der Waals surface area contributed by atoms with Crippen LogP contribution in [-0.2, 0) is 9.63 Å². The van der Waals surface area contributed by atoms with Crippen LogP contribution >= 0.6 is 0 Å². The van der Waals surface area contributed by atoms with Gasteiger partial charge < -0.3 is 5.11 Å². The lowest BCUT2D eigenvalue weighted by Crippen LogP contribution is -2.28. The number of aliphatic hydroxyl groups is 1. The van der Waals surface area contributed by atoms with Crippen LogP contribution in [0.2, 0.25) is 0 Å². The van der Waals surface area contributed by atoms with Gasteiger partial charge in [0, 0.05) is 6.42 Å². The molecule has 1 unspecified atom stereocenters. The van der Waals surface area contributed by atoms with Crippen LogP contribution in [0.5, 0.6) is 0 Å². The fraction of sp³-hybridized carbons (Fsp3) is 0.900. The molecule has 0 heterocycles. The van der Waals surface area contributed by atoms with Crippen molar-refractivity contribution >= 4 is 5.91 Å². The second-order valence-electron chi connectivity index (χ2n) is 3.94. The number of carbonyl (C=O) groups excluding carboxylic acids is 1. The molecule has 0 saturated heterocycles. The summed E-state index contributed by atoms with van der Waals surface area (Å²) in [6.07, 6.45) is 5.04. The van der Waals surface area contributed by atoms with E-state index in [9.17, 15) is 4.79 Å². The van der Waals surface area contributed by atoms with E-state index in [0.29, 0.717) is 12.8 Å². The number of hydrogen-bond acceptors (Lipinski definition) is 3. The van der Waals surface area contributed by atoms with E-state index < -0.39 is 6.10 Å². The molecule has 4 heteroatoms. The van der Waals surface area contributed by atoms with Gasteiger partial charge in [0.15, 0.2) is 0 Å². The van der Waals surface area contributed by atoms with Gasteiger partial charge in [0.25, 0.3) is 0 Å². The van der Waals surface area contributed by atoms with Gasteiger partial charge in [-0.2, -0.15) is 0 Å². The molecule has 1 aliphatic rings. The molecule has 2 N–H and O–H groups in total. The monoisotopic (exact) mass is 201 g/mol. The third-order valence-electron chi connectivity index (χ3n) is 2.43. The number of rotatable bonds is 5. The fourth-order valence-electron chi connectivity index (χ4n) is 1.55. The smallest absolute Gasteiger partial charge is 0.243 e. The fourth-order valence-corrected chi connectivity index (χ4v) is 1.55. The van der Waals surface area contributed by atoms with Crippen molar-refractivity contribution in [1.29, 1.82) is 0 Å². The lowest BCUT2D eigenvalue weighted by Gasteiger charge is -2.11. The molecule has 1 aliphatic carbocycles. The van der Waals surface area contributed by atoms with Crippen molar-refractivity contribution in [3.8, 4) is 0 Å². The Morgan fingerprint density at radius 2 is 2.21 bits per heavy atom. The molecule has 1 saturated carbocycles. The average Bonchev–Trinajstić information content (AvgIpc) is 2.63. The number of hydrogen-bond donors (Lipinski definition) is 2. The minimum atomic E-state index is -0.424. The van der Waals surface area contributed by atoms with Crippen LogP contribution < -0.4 is 5.48 Å². The lowest BCUT2D eigenvalue weighted by atomic mass is 10.2. The zero-order valence-electron chi connectivity index (χ0n) is 8.66. The first-order valence-corrected chi connectivity index (χ1v) is 5.31. The molecule has 0 aromatic heterocycles. The Morgan fingerprint density at radius 3 is 2.79 bits per heavy atom. The highest BCUT2D eigenvalue weighted by atomic mass is 16.7. The summed E-state index contributed by atoms with van der Waals surface area (Å²) in [6, 6.07) is 0. The second-order valence-corrected chi connectivity index (χ2v) is 3.94. The van der Waals surface area contributed by atoms with E-state index in [4.69, 9.17) is 9.94 Å². The summed E-state index contributed by atoms with van der Waals surface area (Å²) in [5, 5.41) is 8.96. The van der Waals surface area contributed by atoms with E-state index >= 15 is 0 Å². The van der Waals surface area contributed by atoms with Crippen molar-refractivity contribution in [2.75, 3.05) is 0 Å². The maximum atomic E-state index is 11.2. The molecule has 1 fully saturated rings. The molecule has 0 aromatic carbocycles. The molecule has 14 heavy (non-hydrogen) atoms. The minimum absolute atomic E-state index is 0.141. The Balaban J connectivity index is 2.02. The summed E-state index contributed by atoms with van der Waals surface area (Å²) in [7, 11) is 0. The molecule has 1 atom stereocenters. The van der Waals surface area contributed by atoms with E-state index in [1.165, 1.54) is 12.8 Å². The van der Waals surface area contributed by atoms with Gasteiger partial charge in [-0.25, -0.2) is 5.48 Å². The summed E-state index contributed by atoms with van der Waals surface area (Å²) in [5.41, 5.74) is 2.43. The van der Waals surface area contributed by atoms with E-state index in [2.05, 4.69) is 5.48 Å². The van der Waals surface area contributed by atoms with Crippen molar-refractivity contribution in [2.45, 2.75) is 57.7 Å². The maximum Gasteiger partial charge on any atom is 0.243 e. The third kappa shape index (κ3) is 4.58. The second kappa shape index (κ2) is 5.98. The lowest BCUT2D eigenvalue weighted by molar-refractivity contribution is -0.138. The molecule has 0 bridgehead atoms. The average molecular weight is 201 g/mol. The maximum absolute atomic E-state index is 11.2. The van der Waals surface area contributed by atoms with Crippen molar-refractivity contribution in [1.82, 2.24) is 5.48 Å². The van der Waals surface area contributed by atoms with Gasteiger partial charge in [0.2, 0.25) is 5.91 Å². The summed E-state index contributed by atoms with van der Waals surface area (Å²) in [5.74, 6) is -0.141. The van der Waals surface area contributed by atoms with Crippen molar-refractivity contribution in [3.63, 3.8) is 0 Å². The topological polar surface area (TPSA) is 58.6 Å². The van der Waals surface area contributed by atoms with Gasteiger partial charge in [0.05, 0.1) is 12.2 Å². The molecule has 4 nitrogen and oxygen atoms in total. The van der Waals surface area contributed by atoms with Crippen molar-refractivity contribution < 1.29 is 14.7 Å². The Bertz CT molecular complexity index is 176. The number of amides is 1. The predicted molar refractivity (Wildman–Crippen MR) is 52.4 cm³/mol. The van der Waals surface area contributed by atoms with Crippen LogP contribution in [0.1, 0.15) is 45.4 Å². The highest BCUT2D eigenvalue weighted by Crippen LogP contribution is 2.19. The van der Waals surface area contributed by atoms with Gasteiger partial charge in [-0.3, -0.25) is 9.63 Å². The molecule has 1 amide bonds. The normalized spacial score (nSPS) is 19.6. The highest BCUT2D eigenvalue weighted by molar-refractivity contribution is 5.74. The van der Waals surface area contributed by atoms with E-state index in [1.807, 2.05) is 0 Å². The molecule has 0 radical (unpaired) electrons. The SMILES string of the molecule is CC(O)CCC(=O)NOC1CCCC1. The van der Waals surface area contributed by atoms with Gasteiger partial charge >= 0.3 is 0 Å². The highest BCUT2D eigenvalue weighted by Gasteiger charge is 2.16. The molecule has 0 spiro atoms. The first-order valence-electron chi connectivity index (χ1n) is 5.31. The van der Waals surface area contributed by atoms with E-state index in [0.717, 1.165) is 12.8 Å². The minimum Gasteiger partial charge on any atom is -0.393 e. The molecular weight excluding hydrogens is 182 g/mol. The number of hydroxylamine groups is 1. The van der Waals surface area contributed by atoms with Gasteiger partial charge in [-0.05, 0) is 26.2 Å². The molecule has 1 rings (SSSR count). The quantitative estimate of drug-likeness (QED) is 0.656.